The molecule has 0 saturated heterocycles. The van der Waals surface area contributed by atoms with Gasteiger partial charge in [-0.25, -0.2) is 0 Å². The van der Waals surface area contributed by atoms with Crippen LogP contribution >= 0.6 is 0 Å². The summed E-state index contributed by atoms with van der Waals surface area (Å²) in [6, 6.07) is 5.66. The summed E-state index contributed by atoms with van der Waals surface area (Å²) in [5, 5.41) is 13.8. The number of nitro groups is 1. The van der Waals surface area contributed by atoms with Crippen LogP contribution in [0.2, 0.25) is 0 Å². The Hall–Kier alpha value is -2.44. The van der Waals surface area contributed by atoms with Crippen LogP contribution in [0.5, 0.6) is 0 Å². The van der Waals surface area contributed by atoms with E-state index < -0.39 is 4.92 Å². The Kier molecular flexibility index (Phi) is 3.22. The molecular weight excluding hydrogens is 234 g/mol. The molecule has 7 nitrogen and oxygen atoms in total. The van der Waals surface area contributed by atoms with Gasteiger partial charge in [0.25, 0.3) is 0 Å². The lowest BCUT2D eigenvalue weighted by molar-refractivity contribution is -0.388. The second kappa shape index (κ2) is 4.82. The van der Waals surface area contributed by atoms with Crippen LogP contribution < -0.4 is 5.32 Å². The maximum Gasteiger partial charge on any atom is 0.406 e. The summed E-state index contributed by atoms with van der Waals surface area (Å²) in [5.41, 5.74) is 1.74. The Morgan fingerprint density at radius 2 is 2.28 bits per heavy atom. The Labute approximate surface area is 104 Å². The minimum absolute atomic E-state index is 0.176. The SMILES string of the molecule is Cc1cccc(CNc2c([N+](=O)[O-])ncn2C)n1. The average Bonchev–Trinajstić information content (AvgIpc) is 2.68. The highest BCUT2D eigenvalue weighted by Crippen LogP contribution is 2.21. The van der Waals surface area contributed by atoms with Gasteiger partial charge in [0.05, 0.1) is 12.2 Å². The van der Waals surface area contributed by atoms with Gasteiger partial charge in [0.15, 0.2) is 0 Å². The fourth-order valence-electron chi connectivity index (χ4n) is 1.63. The Morgan fingerprint density at radius 1 is 1.50 bits per heavy atom. The Bertz CT molecular complexity index is 579. The minimum atomic E-state index is -0.508. The first-order valence-electron chi connectivity index (χ1n) is 5.40. The van der Waals surface area contributed by atoms with Crippen molar-refractivity contribution < 1.29 is 4.92 Å². The van der Waals surface area contributed by atoms with Crippen LogP contribution in [0.25, 0.3) is 0 Å². The highest BCUT2D eigenvalue weighted by atomic mass is 16.6. The van der Waals surface area contributed by atoms with E-state index in [1.54, 1.807) is 11.6 Å². The van der Waals surface area contributed by atoms with Gasteiger partial charge >= 0.3 is 5.82 Å². The van der Waals surface area contributed by atoms with E-state index in [4.69, 9.17) is 0 Å². The Balaban J connectivity index is 2.15. The summed E-state index contributed by atoms with van der Waals surface area (Å²) in [5.74, 6) is 0.202. The predicted molar refractivity (Wildman–Crippen MR) is 66.2 cm³/mol. The molecule has 0 unspecified atom stereocenters. The standard InChI is InChI=1S/C11H13N5O2/c1-8-4-3-5-9(14-8)6-12-10-11(16(17)18)13-7-15(10)2/h3-5,7,12H,6H2,1-2H3. The van der Waals surface area contributed by atoms with Gasteiger partial charge in [-0.3, -0.25) is 9.55 Å². The number of hydrogen-bond acceptors (Lipinski definition) is 5. The third-order valence-corrected chi connectivity index (χ3v) is 2.47. The van der Waals surface area contributed by atoms with Gasteiger partial charge in [-0.2, -0.15) is 0 Å². The molecule has 2 aromatic heterocycles. The summed E-state index contributed by atoms with van der Waals surface area (Å²) >= 11 is 0. The molecule has 94 valence electrons. The molecule has 0 spiro atoms. The van der Waals surface area contributed by atoms with Gasteiger partial charge in [0, 0.05) is 12.7 Å². The topological polar surface area (TPSA) is 85.9 Å². The van der Waals surface area contributed by atoms with Crippen LogP contribution in [-0.2, 0) is 13.6 Å². The van der Waals surface area contributed by atoms with Gasteiger partial charge in [0.2, 0.25) is 12.1 Å². The van der Waals surface area contributed by atoms with E-state index >= 15 is 0 Å². The van der Waals surface area contributed by atoms with Crippen LogP contribution in [0.3, 0.4) is 0 Å². The summed E-state index contributed by atoms with van der Waals surface area (Å²) in [4.78, 5) is 18.3. The first-order valence-corrected chi connectivity index (χ1v) is 5.40. The number of aryl methyl sites for hydroxylation is 2. The normalized spacial score (nSPS) is 10.3. The molecule has 0 aromatic carbocycles. The van der Waals surface area contributed by atoms with Gasteiger partial charge in [-0.15, -0.1) is 0 Å². The van der Waals surface area contributed by atoms with Crippen molar-refractivity contribution in [3.05, 3.63) is 46.0 Å². The first kappa shape index (κ1) is 12.0. The molecule has 0 aliphatic heterocycles. The Morgan fingerprint density at radius 3 is 2.94 bits per heavy atom. The number of hydrogen-bond donors (Lipinski definition) is 1. The fourth-order valence-corrected chi connectivity index (χ4v) is 1.63. The highest BCUT2D eigenvalue weighted by Gasteiger charge is 2.19. The van der Waals surface area contributed by atoms with Crippen molar-refractivity contribution in [3.8, 4) is 0 Å². The third kappa shape index (κ3) is 2.45. The molecule has 7 heteroatoms. The van der Waals surface area contributed by atoms with Crippen molar-refractivity contribution in [2.75, 3.05) is 5.32 Å². The van der Waals surface area contributed by atoms with Crippen molar-refractivity contribution in [3.63, 3.8) is 0 Å². The zero-order chi connectivity index (χ0) is 13.1. The van der Waals surface area contributed by atoms with Gasteiger partial charge in [-0.05, 0) is 29.0 Å². The minimum Gasteiger partial charge on any atom is -0.359 e. The number of pyridine rings is 1. The molecule has 0 aliphatic carbocycles. The lowest BCUT2D eigenvalue weighted by atomic mass is 10.3. The number of nitrogens with one attached hydrogen (secondary N) is 1. The molecule has 1 N–H and O–H groups in total. The molecule has 2 rings (SSSR count). The molecular formula is C11H13N5O2. The fraction of sp³-hybridized carbons (Fsp3) is 0.273. The lowest BCUT2D eigenvalue weighted by Crippen LogP contribution is -2.07. The average molecular weight is 247 g/mol. The molecule has 0 fully saturated rings. The molecule has 2 heterocycles. The smallest absolute Gasteiger partial charge is 0.359 e. The molecule has 0 bridgehead atoms. The van der Waals surface area contributed by atoms with E-state index in [1.807, 2.05) is 25.1 Å². The molecule has 2 aromatic rings. The van der Waals surface area contributed by atoms with Crippen molar-refractivity contribution in [2.24, 2.45) is 7.05 Å². The van der Waals surface area contributed by atoms with E-state index in [0.717, 1.165) is 11.4 Å². The van der Waals surface area contributed by atoms with Crippen LogP contribution in [-0.4, -0.2) is 19.5 Å². The number of nitrogens with zero attached hydrogens (tertiary/aromatic N) is 4. The van der Waals surface area contributed by atoms with Gasteiger partial charge < -0.3 is 15.4 Å². The van der Waals surface area contributed by atoms with Gasteiger partial charge in [-0.1, -0.05) is 6.07 Å². The van der Waals surface area contributed by atoms with Crippen molar-refractivity contribution in [2.45, 2.75) is 13.5 Å². The maximum absolute atomic E-state index is 10.8. The lowest BCUT2D eigenvalue weighted by Gasteiger charge is -2.06. The second-order valence-electron chi connectivity index (χ2n) is 3.91. The van der Waals surface area contributed by atoms with Gasteiger partial charge in [0.1, 0.15) is 0 Å². The van der Waals surface area contributed by atoms with Crippen LogP contribution in [0.1, 0.15) is 11.4 Å². The first-order chi connectivity index (χ1) is 8.58. The molecule has 0 radical (unpaired) electrons. The zero-order valence-corrected chi connectivity index (χ0v) is 10.1. The van der Waals surface area contributed by atoms with Crippen molar-refractivity contribution in [1.29, 1.82) is 0 Å². The summed E-state index contributed by atoms with van der Waals surface area (Å²) in [7, 11) is 1.70. The molecule has 0 aliphatic rings. The van der Waals surface area contributed by atoms with Crippen LogP contribution in [0, 0.1) is 17.0 Å². The van der Waals surface area contributed by atoms with E-state index in [1.165, 1.54) is 6.33 Å². The number of imidazole rings is 1. The molecule has 0 amide bonds. The molecule has 18 heavy (non-hydrogen) atoms. The third-order valence-electron chi connectivity index (χ3n) is 2.47. The summed E-state index contributed by atoms with van der Waals surface area (Å²) in [6.07, 6.45) is 1.41. The van der Waals surface area contributed by atoms with Crippen LogP contribution in [0.15, 0.2) is 24.5 Å². The maximum atomic E-state index is 10.8. The monoisotopic (exact) mass is 247 g/mol. The largest absolute Gasteiger partial charge is 0.406 e. The van der Waals surface area contributed by atoms with E-state index in [2.05, 4.69) is 15.3 Å². The number of rotatable bonds is 4. The van der Waals surface area contributed by atoms with E-state index in [0.29, 0.717) is 12.4 Å². The van der Waals surface area contributed by atoms with Crippen LogP contribution in [0.4, 0.5) is 11.6 Å². The van der Waals surface area contributed by atoms with E-state index in [-0.39, 0.29) is 5.82 Å². The van der Waals surface area contributed by atoms with E-state index in [9.17, 15) is 10.1 Å². The predicted octanol–water partition coefficient (Wildman–Crippen LogP) is 1.64. The molecule has 0 saturated carbocycles. The highest BCUT2D eigenvalue weighted by molar-refractivity contribution is 5.52. The number of aromatic nitrogens is 3. The van der Waals surface area contributed by atoms with Crippen molar-refractivity contribution >= 4 is 11.6 Å². The van der Waals surface area contributed by atoms with Crippen molar-refractivity contribution in [1.82, 2.24) is 14.5 Å². The summed E-state index contributed by atoms with van der Waals surface area (Å²) < 4.78 is 1.58. The summed E-state index contributed by atoms with van der Waals surface area (Å²) in [6.45, 7) is 2.32. The second-order valence-corrected chi connectivity index (χ2v) is 3.91. The quantitative estimate of drug-likeness (QED) is 0.655. The molecule has 0 atom stereocenters. The number of anilines is 1. The zero-order valence-electron chi connectivity index (χ0n) is 10.1.